The summed E-state index contributed by atoms with van der Waals surface area (Å²) in [5, 5.41) is 2.87. The largest absolute Gasteiger partial charge is 0.494 e. The van der Waals surface area contributed by atoms with E-state index in [-0.39, 0.29) is 5.91 Å². The lowest BCUT2D eigenvalue weighted by Gasteiger charge is -2.15. The normalized spacial score (nSPS) is 11.5. The van der Waals surface area contributed by atoms with E-state index in [9.17, 15) is 4.79 Å². The van der Waals surface area contributed by atoms with Crippen molar-refractivity contribution in [3.63, 3.8) is 0 Å². The van der Waals surface area contributed by atoms with Gasteiger partial charge in [0.25, 0.3) is 5.91 Å². The lowest BCUT2D eigenvalue weighted by atomic mass is 10.2. The maximum atomic E-state index is 12.1. The van der Waals surface area contributed by atoms with Gasteiger partial charge in [0.15, 0.2) is 6.10 Å². The Labute approximate surface area is 131 Å². The Morgan fingerprint density at radius 1 is 1.09 bits per heavy atom. The predicted octanol–water partition coefficient (Wildman–Crippen LogP) is 3.17. The average Bonchev–Trinajstić information content (AvgIpc) is 2.54. The smallest absolute Gasteiger partial charge is 0.261 e. The minimum atomic E-state index is -0.544. The maximum absolute atomic E-state index is 12.1. The lowest BCUT2D eigenvalue weighted by Crippen LogP contribution is -2.35. The molecule has 0 saturated carbocycles. The summed E-state index contributed by atoms with van der Waals surface area (Å²) in [6.45, 7) is 4.75. The predicted molar refractivity (Wildman–Crippen MR) is 86.0 cm³/mol. The summed E-state index contributed by atoms with van der Waals surface area (Å²) in [7, 11) is 0. The lowest BCUT2D eigenvalue weighted by molar-refractivity contribution is -0.127. The third kappa shape index (κ3) is 4.81. The molecular formula is C18H21NO3. The molecule has 4 nitrogen and oxygen atoms in total. The van der Waals surface area contributed by atoms with E-state index in [1.54, 1.807) is 6.92 Å². The molecule has 4 heteroatoms. The summed E-state index contributed by atoms with van der Waals surface area (Å²) in [6, 6.07) is 17.0. The van der Waals surface area contributed by atoms with Crippen LogP contribution in [0.5, 0.6) is 11.5 Å². The molecule has 1 N–H and O–H groups in total. The highest BCUT2D eigenvalue weighted by molar-refractivity contribution is 5.80. The van der Waals surface area contributed by atoms with Crippen molar-refractivity contribution in [3.05, 3.63) is 60.2 Å². The number of benzene rings is 2. The van der Waals surface area contributed by atoms with Crippen LogP contribution in [0, 0.1) is 0 Å². The molecule has 0 saturated heterocycles. The highest BCUT2D eigenvalue weighted by Crippen LogP contribution is 2.14. The first-order chi connectivity index (χ1) is 10.7. The molecule has 2 aromatic carbocycles. The molecule has 22 heavy (non-hydrogen) atoms. The third-order valence-electron chi connectivity index (χ3n) is 3.10. The van der Waals surface area contributed by atoms with Gasteiger partial charge in [-0.1, -0.05) is 30.3 Å². The fourth-order valence-corrected chi connectivity index (χ4v) is 2.00. The molecule has 0 radical (unpaired) electrons. The summed E-state index contributed by atoms with van der Waals surface area (Å²) in [5.74, 6) is 1.34. The summed E-state index contributed by atoms with van der Waals surface area (Å²) < 4.78 is 11.0. The van der Waals surface area contributed by atoms with Crippen LogP contribution in [-0.2, 0) is 11.3 Å². The van der Waals surface area contributed by atoms with Crippen LogP contribution in [0.2, 0.25) is 0 Å². The van der Waals surface area contributed by atoms with Gasteiger partial charge in [0.1, 0.15) is 11.5 Å². The molecule has 0 unspecified atom stereocenters. The first kappa shape index (κ1) is 15.9. The molecule has 0 heterocycles. The Hall–Kier alpha value is -2.49. The maximum Gasteiger partial charge on any atom is 0.261 e. The van der Waals surface area contributed by atoms with Crippen molar-refractivity contribution in [1.29, 1.82) is 0 Å². The van der Waals surface area contributed by atoms with Gasteiger partial charge in [0.2, 0.25) is 0 Å². The second-order valence-corrected chi connectivity index (χ2v) is 4.87. The van der Waals surface area contributed by atoms with Crippen LogP contribution in [0.4, 0.5) is 0 Å². The number of ether oxygens (including phenoxy) is 2. The summed E-state index contributed by atoms with van der Waals surface area (Å²) in [4.78, 5) is 12.1. The Kier molecular flexibility index (Phi) is 5.83. The zero-order valence-electron chi connectivity index (χ0n) is 12.9. The zero-order valence-corrected chi connectivity index (χ0v) is 12.9. The average molecular weight is 299 g/mol. The van der Waals surface area contributed by atoms with E-state index in [2.05, 4.69) is 5.32 Å². The van der Waals surface area contributed by atoms with Gasteiger partial charge in [-0.15, -0.1) is 0 Å². The van der Waals surface area contributed by atoms with Gasteiger partial charge < -0.3 is 14.8 Å². The van der Waals surface area contributed by atoms with E-state index in [1.165, 1.54) is 0 Å². The quantitative estimate of drug-likeness (QED) is 0.854. The van der Waals surface area contributed by atoms with Crippen molar-refractivity contribution < 1.29 is 14.3 Å². The highest BCUT2D eigenvalue weighted by Gasteiger charge is 2.14. The molecule has 0 bridgehead atoms. The Morgan fingerprint density at radius 2 is 1.82 bits per heavy atom. The second kappa shape index (κ2) is 8.08. The van der Waals surface area contributed by atoms with E-state index < -0.39 is 6.10 Å². The molecule has 0 aromatic heterocycles. The molecule has 0 aliphatic carbocycles. The number of rotatable bonds is 7. The van der Waals surface area contributed by atoms with Crippen molar-refractivity contribution in [1.82, 2.24) is 5.32 Å². The molecule has 1 atom stereocenters. The van der Waals surface area contributed by atoms with Gasteiger partial charge in [0.05, 0.1) is 6.61 Å². The topological polar surface area (TPSA) is 47.6 Å². The number of carbonyl (C=O) groups is 1. The van der Waals surface area contributed by atoms with E-state index in [0.717, 1.165) is 11.3 Å². The van der Waals surface area contributed by atoms with E-state index >= 15 is 0 Å². The molecule has 0 aliphatic rings. The van der Waals surface area contributed by atoms with Crippen LogP contribution >= 0.6 is 0 Å². The Morgan fingerprint density at radius 3 is 2.55 bits per heavy atom. The van der Waals surface area contributed by atoms with E-state index in [0.29, 0.717) is 18.9 Å². The second-order valence-electron chi connectivity index (χ2n) is 4.87. The molecule has 0 aliphatic heterocycles. The van der Waals surface area contributed by atoms with Gasteiger partial charge in [-0.05, 0) is 43.7 Å². The SMILES string of the molecule is CCOc1cccc(CNC(=O)[C@H](C)Oc2ccccc2)c1. The fourth-order valence-electron chi connectivity index (χ4n) is 2.00. The van der Waals surface area contributed by atoms with Crippen LogP contribution in [0.3, 0.4) is 0 Å². The highest BCUT2D eigenvalue weighted by atomic mass is 16.5. The number of hydrogen-bond donors (Lipinski definition) is 1. The summed E-state index contributed by atoms with van der Waals surface area (Å²) in [5.41, 5.74) is 0.992. The monoisotopic (exact) mass is 299 g/mol. The summed E-state index contributed by atoms with van der Waals surface area (Å²) in [6.07, 6.45) is -0.544. The third-order valence-corrected chi connectivity index (χ3v) is 3.10. The molecule has 2 aromatic rings. The minimum absolute atomic E-state index is 0.148. The van der Waals surface area contributed by atoms with Crippen molar-refractivity contribution in [2.45, 2.75) is 26.5 Å². The number of hydrogen-bond acceptors (Lipinski definition) is 3. The van der Waals surface area contributed by atoms with Crippen LogP contribution in [0.25, 0.3) is 0 Å². The van der Waals surface area contributed by atoms with Crippen molar-refractivity contribution in [2.24, 2.45) is 0 Å². The van der Waals surface area contributed by atoms with Crippen molar-refractivity contribution in [3.8, 4) is 11.5 Å². The first-order valence-corrected chi connectivity index (χ1v) is 7.40. The number of nitrogens with one attached hydrogen (secondary N) is 1. The van der Waals surface area contributed by atoms with Gasteiger partial charge in [-0.2, -0.15) is 0 Å². The van der Waals surface area contributed by atoms with Gasteiger partial charge in [-0.3, -0.25) is 4.79 Å². The molecule has 116 valence electrons. The van der Waals surface area contributed by atoms with Gasteiger partial charge >= 0.3 is 0 Å². The summed E-state index contributed by atoms with van der Waals surface area (Å²) >= 11 is 0. The molecule has 1 amide bonds. The van der Waals surface area contributed by atoms with E-state index in [1.807, 2.05) is 61.5 Å². The molecule has 0 spiro atoms. The zero-order chi connectivity index (χ0) is 15.8. The van der Waals surface area contributed by atoms with Gasteiger partial charge in [-0.25, -0.2) is 0 Å². The number of para-hydroxylation sites is 1. The Bertz CT molecular complexity index is 598. The fraction of sp³-hybridized carbons (Fsp3) is 0.278. The molecular weight excluding hydrogens is 278 g/mol. The number of carbonyl (C=O) groups excluding carboxylic acids is 1. The molecule has 0 fully saturated rings. The van der Waals surface area contributed by atoms with Crippen LogP contribution < -0.4 is 14.8 Å². The minimum Gasteiger partial charge on any atom is -0.494 e. The van der Waals surface area contributed by atoms with Crippen LogP contribution in [0.15, 0.2) is 54.6 Å². The Balaban J connectivity index is 1.85. The van der Waals surface area contributed by atoms with Gasteiger partial charge in [0, 0.05) is 6.54 Å². The molecule has 2 rings (SSSR count). The number of amides is 1. The van der Waals surface area contributed by atoms with Crippen molar-refractivity contribution >= 4 is 5.91 Å². The van der Waals surface area contributed by atoms with Crippen LogP contribution in [-0.4, -0.2) is 18.6 Å². The van der Waals surface area contributed by atoms with Crippen LogP contribution in [0.1, 0.15) is 19.4 Å². The first-order valence-electron chi connectivity index (χ1n) is 7.40. The van der Waals surface area contributed by atoms with E-state index in [4.69, 9.17) is 9.47 Å². The standard InChI is InChI=1S/C18H21NO3/c1-3-21-17-11-7-8-15(12-17)13-19-18(20)14(2)22-16-9-5-4-6-10-16/h4-12,14H,3,13H2,1-2H3,(H,19,20)/t14-/m0/s1. The van der Waals surface area contributed by atoms with Crippen molar-refractivity contribution in [2.75, 3.05) is 6.61 Å².